The first-order chi connectivity index (χ1) is 8.77. The van der Waals surface area contributed by atoms with Gasteiger partial charge in [0.1, 0.15) is 0 Å². The second-order valence-electron chi connectivity index (χ2n) is 4.25. The molecule has 2 aromatic carbocycles. The Morgan fingerprint density at radius 3 is 1.72 bits per heavy atom. The van der Waals surface area contributed by atoms with Gasteiger partial charge in [0.2, 0.25) is 0 Å². The lowest BCUT2D eigenvalue weighted by Gasteiger charge is -2.29. The van der Waals surface area contributed by atoms with Gasteiger partial charge < -0.3 is 0 Å². The van der Waals surface area contributed by atoms with Crippen LogP contribution < -0.4 is 0 Å². The molecule has 0 amide bonds. The van der Waals surface area contributed by atoms with Crippen LogP contribution >= 0.6 is 12.6 Å². The molecule has 0 aromatic heterocycles. The fourth-order valence-electron chi connectivity index (χ4n) is 2.12. The maximum Gasteiger partial charge on any atom is 0.0636 e. The quantitative estimate of drug-likeness (QED) is 0.813. The molecule has 0 aliphatic carbocycles. The van der Waals surface area contributed by atoms with Crippen molar-refractivity contribution in [3.05, 3.63) is 71.8 Å². The Morgan fingerprint density at radius 2 is 1.33 bits per heavy atom. The van der Waals surface area contributed by atoms with Crippen molar-refractivity contribution in [2.45, 2.75) is 17.6 Å². The number of hydrogen-bond donors (Lipinski definition) is 1. The normalized spacial score (nSPS) is 10.9. The van der Waals surface area contributed by atoms with Crippen molar-refractivity contribution in [1.29, 1.82) is 5.26 Å². The summed E-state index contributed by atoms with van der Waals surface area (Å²) in [7, 11) is 0. The molecular weight excluding hydrogens is 238 g/mol. The fourth-order valence-corrected chi connectivity index (χ4v) is 2.53. The molecule has 1 nitrogen and oxygen atoms in total. The molecule has 0 bridgehead atoms. The topological polar surface area (TPSA) is 23.8 Å². The zero-order chi connectivity index (χ0) is 12.8. The first-order valence-corrected chi connectivity index (χ1v) is 6.42. The minimum atomic E-state index is -0.391. The Balaban J connectivity index is 2.45. The number of rotatable bonds is 4. The van der Waals surface area contributed by atoms with Crippen LogP contribution in [0, 0.1) is 11.3 Å². The van der Waals surface area contributed by atoms with Gasteiger partial charge in [-0.15, -0.1) is 0 Å². The number of hydrogen-bond acceptors (Lipinski definition) is 2. The molecule has 2 heteroatoms. The highest BCUT2D eigenvalue weighted by molar-refractivity contribution is 7.81. The molecule has 0 aliphatic rings. The van der Waals surface area contributed by atoms with Gasteiger partial charge in [-0.25, -0.2) is 0 Å². The van der Waals surface area contributed by atoms with E-state index in [2.05, 4.69) is 30.3 Å². The molecule has 0 unspecified atom stereocenters. The number of nitriles is 1. The van der Waals surface area contributed by atoms with E-state index in [4.69, 9.17) is 17.9 Å². The van der Waals surface area contributed by atoms with E-state index in [0.29, 0.717) is 12.8 Å². The van der Waals surface area contributed by atoms with Crippen LogP contribution in [-0.2, 0) is 4.75 Å². The van der Waals surface area contributed by atoms with E-state index in [-0.39, 0.29) is 0 Å². The van der Waals surface area contributed by atoms with Crippen LogP contribution in [-0.4, -0.2) is 0 Å². The van der Waals surface area contributed by atoms with Crippen molar-refractivity contribution in [1.82, 2.24) is 0 Å². The maximum absolute atomic E-state index is 8.84. The zero-order valence-electron chi connectivity index (χ0n) is 10.1. The monoisotopic (exact) mass is 253 g/mol. The van der Waals surface area contributed by atoms with Gasteiger partial charge in [0.15, 0.2) is 0 Å². The highest BCUT2D eigenvalue weighted by Crippen LogP contribution is 2.40. The lowest BCUT2D eigenvalue weighted by molar-refractivity contribution is 0.679. The van der Waals surface area contributed by atoms with Crippen molar-refractivity contribution in [3.63, 3.8) is 0 Å². The Labute approximate surface area is 113 Å². The number of benzene rings is 2. The Bertz CT molecular complexity index is 489. The largest absolute Gasteiger partial charge is 0.198 e. The Kier molecular flexibility index (Phi) is 4.07. The highest BCUT2D eigenvalue weighted by Gasteiger charge is 2.29. The maximum atomic E-state index is 8.84. The predicted molar refractivity (Wildman–Crippen MR) is 77.5 cm³/mol. The van der Waals surface area contributed by atoms with Crippen molar-refractivity contribution < 1.29 is 0 Å². The lowest BCUT2D eigenvalue weighted by atomic mass is 9.86. The summed E-state index contributed by atoms with van der Waals surface area (Å²) in [6.45, 7) is 0. The molecule has 2 rings (SSSR count). The van der Waals surface area contributed by atoms with E-state index < -0.39 is 4.75 Å². The van der Waals surface area contributed by atoms with Gasteiger partial charge in [-0.3, -0.25) is 0 Å². The first kappa shape index (κ1) is 12.7. The molecule has 0 aliphatic heterocycles. The summed E-state index contributed by atoms with van der Waals surface area (Å²) in [5, 5.41) is 8.84. The third-order valence-electron chi connectivity index (χ3n) is 3.10. The van der Waals surface area contributed by atoms with Crippen LogP contribution in [0.1, 0.15) is 24.0 Å². The molecule has 0 spiro atoms. The van der Waals surface area contributed by atoms with Crippen LogP contribution in [0.4, 0.5) is 0 Å². The van der Waals surface area contributed by atoms with E-state index in [1.54, 1.807) is 0 Å². The van der Waals surface area contributed by atoms with E-state index in [1.165, 1.54) is 0 Å². The molecular formula is C16H15NS. The Morgan fingerprint density at radius 1 is 0.889 bits per heavy atom. The first-order valence-electron chi connectivity index (χ1n) is 5.98. The summed E-state index contributed by atoms with van der Waals surface area (Å²) >= 11 is 4.88. The van der Waals surface area contributed by atoms with Crippen LogP contribution in [0.5, 0.6) is 0 Å². The minimum Gasteiger partial charge on any atom is -0.198 e. The molecule has 0 atom stereocenters. The standard InChI is InChI=1S/C16H15NS/c17-13-7-12-16(18,14-8-3-1-4-9-14)15-10-5-2-6-11-15/h1-6,8-11,18H,7,12H2. The smallest absolute Gasteiger partial charge is 0.0636 e. The summed E-state index contributed by atoms with van der Waals surface area (Å²) in [5.74, 6) is 0. The Hall–Kier alpha value is -1.72. The zero-order valence-corrected chi connectivity index (χ0v) is 11.0. The molecule has 90 valence electrons. The molecule has 0 saturated carbocycles. The van der Waals surface area contributed by atoms with Crippen LogP contribution in [0.25, 0.3) is 0 Å². The van der Waals surface area contributed by atoms with Gasteiger partial charge in [-0.2, -0.15) is 17.9 Å². The molecule has 0 saturated heterocycles. The van der Waals surface area contributed by atoms with Crippen LogP contribution in [0.15, 0.2) is 60.7 Å². The predicted octanol–water partition coefficient (Wildman–Crippen LogP) is 4.16. The molecule has 18 heavy (non-hydrogen) atoms. The van der Waals surface area contributed by atoms with Crippen molar-refractivity contribution in [3.8, 4) is 6.07 Å². The van der Waals surface area contributed by atoms with Gasteiger partial charge in [-0.1, -0.05) is 60.7 Å². The number of nitrogens with zero attached hydrogens (tertiary/aromatic N) is 1. The van der Waals surface area contributed by atoms with E-state index in [9.17, 15) is 0 Å². The number of thiol groups is 1. The third-order valence-corrected chi connectivity index (χ3v) is 3.84. The molecule has 2 aromatic rings. The lowest BCUT2D eigenvalue weighted by Crippen LogP contribution is -2.20. The fraction of sp³-hybridized carbons (Fsp3) is 0.188. The molecule has 0 heterocycles. The molecule has 0 N–H and O–H groups in total. The van der Waals surface area contributed by atoms with Crippen LogP contribution in [0.3, 0.4) is 0 Å². The SMILES string of the molecule is N#CCCC(S)(c1ccccc1)c1ccccc1. The highest BCUT2D eigenvalue weighted by atomic mass is 32.1. The average Bonchev–Trinajstić information content (AvgIpc) is 2.46. The molecule has 0 fully saturated rings. The summed E-state index contributed by atoms with van der Waals surface area (Å²) < 4.78 is -0.391. The van der Waals surface area contributed by atoms with Gasteiger partial charge in [0, 0.05) is 6.42 Å². The summed E-state index contributed by atoms with van der Waals surface area (Å²) in [6, 6.07) is 22.5. The van der Waals surface area contributed by atoms with E-state index in [0.717, 1.165) is 11.1 Å². The van der Waals surface area contributed by atoms with Crippen molar-refractivity contribution in [2.75, 3.05) is 0 Å². The van der Waals surface area contributed by atoms with Crippen LogP contribution in [0.2, 0.25) is 0 Å². The van der Waals surface area contributed by atoms with Crippen molar-refractivity contribution in [2.24, 2.45) is 0 Å². The van der Waals surface area contributed by atoms with Gasteiger partial charge >= 0.3 is 0 Å². The second-order valence-corrected chi connectivity index (χ2v) is 5.01. The third kappa shape index (κ3) is 2.57. The summed E-state index contributed by atoms with van der Waals surface area (Å²) in [4.78, 5) is 0. The van der Waals surface area contributed by atoms with Gasteiger partial charge in [0.05, 0.1) is 10.8 Å². The van der Waals surface area contributed by atoms with E-state index in [1.807, 2.05) is 36.4 Å². The summed E-state index contributed by atoms with van der Waals surface area (Å²) in [6.07, 6.45) is 1.20. The minimum absolute atomic E-state index is 0.391. The second kappa shape index (κ2) is 5.75. The van der Waals surface area contributed by atoms with Gasteiger partial charge in [0.25, 0.3) is 0 Å². The molecule has 0 radical (unpaired) electrons. The van der Waals surface area contributed by atoms with Crippen molar-refractivity contribution >= 4 is 12.6 Å². The van der Waals surface area contributed by atoms with E-state index >= 15 is 0 Å². The summed E-state index contributed by atoms with van der Waals surface area (Å²) in [5.41, 5.74) is 2.27. The van der Waals surface area contributed by atoms with Gasteiger partial charge in [-0.05, 0) is 17.5 Å². The average molecular weight is 253 g/mol.